The van der Waals surface area contributed by atoms with Crippen LogP contribution in [-0.4, -0.2) is 15.9 Å². The van der Waals surface area contributed by atoms with Crippen LogP contribution in [0, 0.1) is 29.7 Å². The fourth-order valence-electron chi connectivity index (χ4n) is 4.89. The summed E-state index contributed by atoms with van der Waals surface area (Å²) in [4.78, 5) is 17.0. The van der Waals surface area contributed by atoms with Gasteiger partial charge in [-0.15, -0.1) is 35.4 Å². The quantitative estimate of drug-likeness (QED) is 0.281. The number of nitrogens with zero attached hydrogens (tertiary/aromatic N) is 1. The minimum atomic E-state index is -0.284. The molecule has 3 nitrogen and oxygen atoms in total. The van der Waals surface area contributed by atoms with Crippen molar-refractivity contribution in [3.63, 3.8) is 0 Å². The van der Waals surface area contributed by atoms with E-state index in [4.69, 9.17) is 0 Å². The van der Waals surface area contributed by atoms with Crippen molar-refractivity contribution >= 4 is 16.7 Å². The van der Waals surface area contributed by atoms with E-state index in [2.05, 4.69) is 36.2 Å². The molecule has 0 bridgehead atoms. The van der Waals surface area contributed by atoms with Gasteiger partial charge in [0.2, 0.25) is 0 Å². The number of fused-ring (bicyclic) bond motifs is 2. The van der Waals surface area contributed by atoms with Crippen molar-refractivity contribution in [3.05, 3.63) is 77.6 Å². The van der Waals surface area contributed by atoms with Crippen LogP contribution in [0.1, 0.15) is 58.9 Å². The topological polar surface area (TPSA) is 50.2 Å². The number of pyridine rings is 1. The first-order chi connectivity index (χ1) is 15.6. The molecule has 1 aromatic heterocycles. The maximum atomic E-state index is 12.4. The van der Waals surface area contributed by atoms with Crippen LogP contribution >= 0.6 is 0 Å². The van der Waals surface area contributed by atoms with E-state index in [-0.39, 0.29) is 36.7 Å². The van der Waals surface area contributed by atoms with E-state index in [0.717, 1.165) is 48.0 Å². The van der Waals surface area contributed by atoms with E-state index in [1.807, 2.05) is 64.1 Å². The second-order valence-corrected chi connectivity index (χ2v) is 10.8. The molecule has 1 radical (unpaired) electrons. The SMILES string of the molecule is CC1(C)CCC2CCC(C)(C)C(O)=C2C1=O.Cc1cc[c-]c(-c2ccc3ccccc3n2)c1.[Ir]. The Morgan fingerprint density at radius 1 is 0.971 bits per heavy atom. The number of carbonyl (C=O) groups is 1. The number of aryl methyl sites for hydroxylation is 1. The number of para-hydroxylation sites is 1. The van der Waals surface area contributed by atoms with Gasteiger partial charge in [-0.2, -0.15) is 0 Å². The number of hydrogen-bond donors (Lipinski definition) is 1. The summed E-state index contributed by atoms with van der Waals surface area (Å²) in [6.45, 7) is 10.1. The first-order valence-corrected chi connectivity index (χ1v) is 11.9. The predicted octanol–water partition coefficient (Wildman–Crippen LogP) is 7.63. The molecule has 34 heavy (non-hydrogen) atoms. The van der Waals surface area contributed by atoms with Crippen molar-refractivity contribution in [2.45, 2.75) is 60.3 Å². The molecule has 3 aromatic rings. The summed E-state index contributed by atoms with van der Waals surface area (Å²) in [6.07, 6.45) is 4.04. The first kappa shape index (κ1) is 26.3. The standard InChI is InChI=1S/C16H12N.C14H22O2.Ir/c1-12-5-4-7-14(11-12)16-10-9-13-6-2-3-8-15(13)17-16;1-13(2)7-5-9-6-8-14(3,4)12(16)10(9)11(13)15;/h2-6,8-11H,1H3;9,15H,5-8H2,1-4H3;/q-1;;. The van der Waals surface area contributed by atoms with E-state index in [0.29, 0.717) is 11.7 Å². The Kier molecular flexibility index (Phi) is 7.85. The van der Waals surface area contributed by atoms with Crippen LogP contribution in [0.2, 0.25) is 0 Å². The molecule has 5 rings (SSSR count). The minimum absolute atomic E-state index is 0. The molecule has 2 aliphatic carbocycles. The number of aromatic nitrogens is 1. The van der Waals surface area contributed by atoms with Crippen LogP contribution in [0.3, 0.4) is 0 Å². The predicted molar refractivity (Wildman–Crippen MR) is 135 cm³/mol. The number of Topliss-reactive ketones (excluding diaryl/α,β-unsaturated/α-hetero) is 1. The molecule has 0 amide bonds. The van der Waals surface area contributed by atoms with Crippen molar-refractivity contribution < 1.29 is 30.0 Å². The number of aliphatic hydroxyl groups excluding tert-OH is 1. The van der Waals surface area contributed by atoms with E-state index in [1.165, 1.54) is 10.9 Å². The van der Waals surface area contributed by atoms with E-state index in [1.54, 1.807) is 0 Å². The van der Waals surface area contributed by atoms with Gasteiger partial charge in [-0.3, -0.25) is 9.78 Å². The smallest absolute Gasteiger partial charge is 0.168 e. The molecule has 181 valence electrons. The molecule has 2 aromatic carbocycles. The monoisotopic (exact) mass is 633 g/mol. The van der Waals surface area contributed by atoms with Gasteiger partial charge in [0.1, 0.15) is 5.76 Å². The van der Waals surface area contributed by atoms with Gasteiger partial charge in [-0.25, -0.2) is 0 Å². The maximum absolute atomic E-state index is 12.4. The normalized spacial score (nSPS) is 20.6. The fourth-order valence-corrected chi connectivity index (χ4v) is 4.89. The Hall–Kier alpha value is -2.29. The Balaban J connectivity index is 0.000000186. The van der Waals surface area contributed by atoms with Crippen LogP contribution in [-0.2, 0) is 24.9 Å². The fraction of sp³-hybridized carbons (Fsp3) is 0.400. The van der Waals surface area contributed by atoms with Gasteiger partial charge in [0, 0.05) is 36.5 Å². The van der Waals surface area contributed by atoms with Gasteiger partial charge >= 0.3 is 0 Å². The Bertz CT molecular complexity index is 1230. The number of benzene rings is 2. The Morgan fingerprint density at radius 3 is 2.35 bits per heavy atom. The van der Waals surface area contributed by atoms with Crippen molar-refractivity contribution in [2.24, 2.45) is 16.7 Å². The van der Waals surface area contributed by atoms with Gasteiger partial charge in [0.25, 0.3) is 0 Å². The van der Waals surface area contributed by atoms with E-state index >= 15 is 0 Å². The van der Waals surface area contributed by atoms with Gasteiger partial charge in [-0.1, -0.05) is 65.0 Å². The molecular formula is C30H34IrNO2-. The maximum Gasteiger partial charge on any atom is 0.168 e. The zero-order chi connectivity index (χ0) is 23.8. The number of aliphatic hydroxyl groups is 1. The molecule has 1 unspecified atom stereocenters. The van der Waals surface area contributed by atoms with Crippen molar-refractivity contribution in [3.8, 4) is 11.3 Å². The van der Waals surface area contributed by atoms with Crippen molar-refractivity contribution in [2.75, 3.05) is 0 Å². The molecular weight excluding hydrogens is 599 g/mol. The summed E-state index contributed by atoms with van der Waals surface area (Å²) in [5, 5.41) is 11.5. The molecule has 4 heteroatoms. The van der Waals surface area contributed by atoms with E-state index in [9.17, 15) is 9.90 Å². The van der Waals surface area contributed by atoms with Crippen molar-refractivity contribution in [1.29, 1.82) is 0 Å². The average molecular weight is 633 g/mol. The molecule has 0 saturated heterocycles. The zero-order valence-corrected chi connectivity index (χ0v) is 23.1. The van der Waals surface area contributed by atoms with Gasteiger partial charge in [-0.05, 0) is 48.7 Å². The zero-order valence-electron chi connectivity index (χ0n) is 20.7. The van der Waals surface area contributed by atoms with Crippen LogP contribution in [0.25, 0.3) is 22.2 Å². The molecule has 0 aliphatic heterocycles. The van der Waals surface area contributed by atoms with Crippen LogP contribution in [0.4, 0.5) is 0 Å². The van der Waals surface area contributed by atoms with Crippen LogP contribution in [0.15, 0.2) is 65.9 Å². The summed E-state index contributed by atoms with van der Waals surface area (Å²) in [6, 6.07) is 21.6. The van der Waals surface area contributed by atoms with E-state index < -0.39 is 0 Å². The van der Waals surface area contributed by atoms with Crippen LogP contribution in [0.5, 0.6) is 0 Å². The number of hydrogen-bond acceptors (Lipinski definition) is 3. The third-order valence-corrected chi connectivity index (χ3v) is 7.23. The van der Waals surface area contributed by atoms with Gasteiger partial charge in [0.15, 0.2) is 5.78 Å². The van der Waals surface area contributed by atoms with Gasteiger partial charge in [0.05, 0.1) is 5.52 Å². The third-order valence-electron chi connectivity index (χ3n) is 7.23. The minimum Gasteiger partial charge on any atom is -0.511 e. The molecule has 1 atom stereocenters. The summed E-state index contributed by atoms with van der Waals surface area (Å²) in [5.74, 6) is 0.851. The molecule has 1 N–H and O–H groups in total. The summed E-state index contributed by atoms with van der Waals surface area (Å²) in [5.41, 5.74) is 4.53. The summed E-state index contributed by atoms with van der Waals surface area (Å²) in [7, 11) is 0. The number of allylic oxidation sites excluding steroid dienone is 2. The van der Waals surface area contributed by atoms with Crippen molar-refractivity contribution in [1.82, 2.24) is 4.98 Å². The Labute approximate surface area is 217 Å². The second-order valence-electron chi connectivity index (χ2n) is 10.8. The second kappa shape index (κ2) is 10.1. The molecule has 2 aliphatic rings. The first-order valence-electron chi connectivity index (χ1n) is 11.9. The van der Waals surface area contributed by atoms with Crippen LogP contribution < -0.4 is 0 Å². The van der Waals surface area contributed by atoms with Gasteiger partial charge < -0.3 is 5.11 Å². The molecule has 1 saturated carbocycles. The molecule has 1 fully saturated rings. The largest absolute Gasteiger partial charge is 0.511 e. The third kappa shape index (κ3) is 5.34. The number of carbonyl (C=O) groups excluding carboxylic acids is 1. The number of rotatable bonds is 1. The summed E-state index contributed by atoms with van der Waals surface area (Å²) < 4.78 is 0. The average Bonchev–Trinajstić information content (AvgIpc) is 2.79. The molecule has 1 heterocycles. The summed E-state index contributed by atoms with van der Waals surface area (Å²) >= 11 is 0. The number of ketones is 1. The molecule has 0 spiro atoms. The Morgan fingerprint density at radius 2 is 1.65 bits per heavy atom.